The first-order chi connectivity index (χ1) is 20.5. The van der Waals surface area contributed by atoms with Crippen LogP contribution in [0, 0.1) is 0 Å². The summed E-state index contributed by atoms with van der Waals surface area (Å²) in [5.74, 6) is -1.30. The van der Waals surface area contributed by atoms with E-state index in [0.717, 1.165) is 25.7 Å². The van der Waals surface area contributed by atoms with Gasteiger partial charge in [-0.1, -0.05) is 206 Å². The number of carboxylic acids is 2. The molecule has 2 N–H and O–H groups in total. The molecule has 0 saturated carbocycles. The molecule has 0 aromatic rings. The number of rotatable bonds is 34. The van der Waals surface area contributed by atoms with Gasteiger partial charge < -0.3 is 10.2 Å². The van der Waals surface area contributed by atoms with E-state index in [1.54, 1.807) is 0 Å². The van der Waals surface area contributed by atoms with Crippen LogP contribution in [-0.4, -0.2) is 97.6 Å². The molecule has 0 fully saturated rings. The summed E-state index contributed by atoms with van der Waals surface area (Å²) < 4.78 is 0. The van der Waals surface area contributed by atoms with Gasteiger partial charge in [-0.2, -0.15) is 0 Å². The van der Waals surface area contributed by atoms with E-state index in [0.29, 0.717) is 12.8 Å². The van der Waals surface area contributed by atoms with Crippen LogP contribution < -0.4 is 0 Å². The minimum atomic E-state index is -0.653. The van der Waals surface area contributed by atoms with E-state index >= 15 is 0 Å². The molecule has 0 spiro atoms. The van der Waals surface area contributed by atoms with Crippen LogP contribution in [0.4, 0.5) is 0 Å². The van der Waals surface area contributed by atoms with Gasteiger partial charge in [-0.3, -0.25) is 9.59 Å². The molecule has 0 saturated heterocycles. The van der Waals surface area contributed by atoms with E-state index in [1.807, 2.05) is 0 Å². The smallest absolute Gasteiger partial charge is 0.481 e. The predicted molar refractivity (Wildman–Crippen MR) is 195 cm³/mol. The number of hydrogen-bond acceptors (Lipinski definition) is 2. The molecule has 44 heavy (non-hydrogen) atoms. The summed E-state index contributed by atoms with van der Waals surface area (Å²) >= 11 is 0. The fourth-order valence-electron chi connectivity index (χ4n) is 5.65. The summed E-state index contributed by atoms with van der Waals surface area (Å²) in [5.41, 5.74) is 0. The van der Waals surface area contributed by atoms with Crippen molar-refractivity contribution < 1.29 is 19.8 Å². The molecule has 0 atom stereocenters. The Labute approximate surface area is 335 Å². The van der Waals surface area contributed by atoms with Gasteiger partial charge in [0.2, 0.25) is 0 Å². The van der Waals surface area contributed by atoms with E-state index in [9.17, 15) is 9.59 Å². The van der Waals surface area contributed by atoms with Crippen molar-refractivity contribution in [2.45, 2.75) is 232 Å². The van der Waals surface area contributed by atoms with Gasteiger partial charge in [0.15, 0.2) is 0 Å². The minimum absolute atomic E-state index is 0. The summed E-state index contributed by atoms with van der Waals surface area (Å²) in [7, 11) is 0. The minimum Gasteiger partial charge on any atom is -0.481 e. The molecule has 0 heterocycles. The molecule has 0 aliphatic rings. The quantitative estimate of drug-likeness (QED) is 0.0525. The zero-order chi connectivity index (χ0) is 31.2. The van der Waals surface area contributed by atoms with Crippen molar-refractivity contribution in [1.82, 2.24) is 0 Å². The third kappa shape index (κ3) is 55.8. The van der Waals surface area contributed by atoms with E-state index in [4.69, 9.17) is 10.2 Å². The fourth-order valence-corrected chi connectivity index (χ4v) is 5.65. The van der Waals surface area contributed by atoms with Crippen LogP contribution in [-0.2, 0) is 9.59 Å². The molecule has 0 aliphatic heterocycles. The first-order valence-corrected chi connectivity index (χ1v) is 19.0. The van der Waals surface area contributed by atoms with Crippen molar-refractivity contribution in [3.8, 4) is 0 Å². The van der Waals surface area contributed by atoms with E-state index in [1.165, 1.54) is 180 Å². The number of aliphatic carboxylic acids is 2. The Kier molecular flexibility index (Phi) is 58.0. The van der Waals surface area contributed by atoms with Gasteiger partial charge in [0.05, 0.1) is 0 Å². The van der Waals surface area contributed by atoms with E-state index in [2.05, 4.69) is 13.8 Å². The first kappa shape index (κ1) is 52.3. The third-order valence-electron chi connectivity index (χ3n) is 8.49. The van der Waals surface area contributed by atoms with Gasteiger partial charge >= 0.3 is 87.4 Å². The van der Waals surface area contributed by atoms with Crippen LogP contribution in [0.3, 0.4) is 0 Å². The standard InChI is InChI=1S/C20H40O2.C18H36O2.2Ca/c1-2-3-4-5-6-7-8-9-10-11-12-13-14-15-16-17-18-19-20(21)22;1-2-3-4-5-6-7-8-9-10-11-12-13-14-15-16-17-18(19)20;;/h2-19H2,1H3,(H,21,22);2-17H2,1H3,(H,19,20);;/q;;2*+2. The molecule has 0 radical (unpaired) electrons. The van der Waals surface area contributed by atoms with Crippen molar-refractivity contribution in [2.24, 2.45) is 0 Å². The van der Waals surface area contributed by atoms with Crippen LogP contribution >= 0.6 is 0 Å². The topological polar surface area (TPSA) is 74.6 Å². The summed E-state index contributed by atoms with van der Waals surface area (Å²) in [4.78, 5) is 20.7. The normalized spacial score (nSPS) is 10.4. The molecule has 0 aliphatic carbocycles. The average Bonchev–Trinajstić information content (AvgIpc) is 2.97. The van der Waals surface area contributed by atoms with E-state index in [-0.39, 0.29) is 75.5 Å². The number of hydrogen-bond donors (Lipinski definition) is 2. The van der Waals surface area contributed by atoms with Crippen LogP contribution in [0.5, 0.6) is 0 Å². The first-order valence-electron chi connectivity index (χ1n) is 19.0. The second-order valence-corrected chi connectivity index (χ2v) is 12.9. The Morgan fingerprint density at radius 1 is 0.295 bits per heavy atom. The van der Waals surface area contributed by atoms with Crippen LogP contribution in [0.2, 0.25) is 0 Å². The largest absolute Gasteiger partial charge is 2.00 e. The third-order valence-corrected chi connectivity index (χ3v) is 8.49. The van der Waals surface area contributed by atoms with E-state index < -0.39 is 11.9 Å². The Bertz CT molecular complexity index is 531. The maximum Gasteiger partial charge on any atom is 2.00 e. The van der Waals surface area contributed by atoms with Gasteiger partial charge in [-0.05, 0) is 12.8 Å². The summed E-state index contributed by atoms with van der Waals surface area (Å²) in [6, 6.07) is 0. The van der Waals surface area contributed by atoms with Crippen molar-refractivity contribution in [3.63, 3.8) is 0 Å². The molecule has 0 rings (SSSR count). The molecule has 252 valence electrons. The van der Waals surface area contributed by atoms with Crippen molar-refractivity contribution in [2.75, 3.05) is 0 Å². The fraction of sp³-hybridized carbons (Fsp3) is 0.947. The maximum atomic E-state index is 10.4. The molecular weight excluding hydrogens is 601 g/mol. The molecular formula is C38H76Ca2O4+4. The SMILES string of the molecule is CCCCCCCCCCCCCCCCCC(=O)O.CCCCCCCCCCCCCCCCCCCC(=O)O.[Ca+2].[Ca+2]. The van der Waals surface area contributed by atoms with Crippen LogP contribution in [0.15, 0.2) is 0 Å². The van der Waals surface area contributed by atoms with Crippen molar-refractivity contribution in [1.29, 1.82) is 0 Å². The summed E-state index contributed by atoms with van der Waals surface area (Å²) in [6.45, 7) is 4.55. The summed E-state index contributed by atoms with van der Waals surface area (Å²) in [6.07, 6.45) is 43.3. The van der Waals surface area contributed by atoms with Gasteiger partial charge in [-0.15, -0.1) is 0 Å². The monoisotopic (exact) mass is 676 g/mol. The Balaban J connectivity index is -0.000000349. The molecule has 0 aromatic carbocycles. The van der Waals surface area contributed by atoms with Crippen molar-refractivity contribution in [3.05, 3.63) is 0 Å². The predicted octanol–water partition coefficient (Wildman–Crippen LogP) is 12.7. The second kappa shape index (κ2) is 48.9. The number of unbranched alkanes of at least 4 members (excludes halogenated alkanes) is 30. The van der Waals surface area contributed by atoms with Gasteiger partial charge in [0.25, 0.3) is 0 Å². The van der Waals surface area contributed by atoms with Gasteiger partial charge in [0.1, 0.15) is 0 Å². The van der Waals surface area contributed by atoms with Gasteiger partial charge in [0, 0.05) is 12.8 Å². The zero-order valence-electron chi connectivity index (χ0n) is 30.2. The van der Waals surface area contributed by atoms with Gasteiger partial charge in [-0.25, -0.2) is 0 Å². The summed E-state index contributed by atoms with van der Waals surface area (Å²) in [5, 5.41) is 17.1. The number of carbonyl (C=O) groups is 2. The molecule has 6 heteroatoms. The van der Waals surface area contributed by atoms with Crippen molar-refractivity contribution >= 4 is 87.4 Å². The Morgan fingerprint density at radius 2 is 0.432 bits per heavy atom. The molecule has 0 amide bonds. The molecule has 4 nitrogen and oxygen atoms in total. The second-order valence-electron chi connectivity index (χ2n) is 12.9. The number of carboxylic acid groups (broad SMARTS) is 2. The molecule has 0 bridgehead atoms. The Hall–Kier alpha value is 1.46. The Morgan fingerprint density at radius 3 is 0.568 bits per heavy atom. The zero-order valence-corrected chi connectivity index (χ0v) is 34.6. The van der Waals surface area contributed by atoms with Crippen LogP contribution in [0.25, 0.3) is 0 Å². The molecule has 0 unspecified atom stereocenters. The molecule has 0 aromatic heterocycles. The maximum absolute atomic E-state index is 10.4. The van der Waals surface area contributed by atoms with Crippen LogP contribution in [0.1, 0.15) is 232 Å². The average molecular weight is 677 g/mol.